The Kier molecular flexibility index (Phi) is 1.35. The Labute approximate surface area is 49.3 Å². The lowest BCUT2D eigenvalue weighted by Gasteiger charge is -2.21. The second kappa shape index (κ2) is 2.01. The van der Waals surface area contributed by atoms with Crippen LogP contribution in [-0.2, 0) is 0 Å². The maximum absolute atomic E-state index is 5.57. The number of hydrogen-bond donors (Lipinski definition) is 1. The smallest absolute Gasteiger partial charge is 0.0956 e. The summed E-state index contributed by atoms with van der Waals surface area (Å²) in [4.78, 5) is 1.94. The van der Waals surface area contributed by atoms with E-state index in [1.54, 1.807) is 0 Å². The minimum atomic E-state index is 0.0694. The van der Waals surface area contributed by atoms with Crippen molar-refractivity contribution in [2.24, 2.45) is 5.73 Å². The van der Waals surface area contributed by atoms with E-state index < -0.39 is 0 Å². The van der Waals surface area contributed by atoms with Crippen LogP contribution in [0.25, 0.3) is 0 Å². The van der Waals surface area contributed by atoms with Crippen LogP contribution < -0.4 is 5.73 Å². The average molecular weight is 110 g/mol. The third kappa shape index (κ3) is 0.898. The molecule has 0 aliphatic carbocycles. The van der Waals surface area contributed by atoms with Crippen molar-refractivity contribution >= 4 is 0 Å². The molecule has 0 saturated carbocycles. The van der Waals surface area contributed by atoms with E-state index in [2.05, 4.69) is 0 Å². The summed E-state index contributed by atoms with van der Waals surface area (Å²) in [5.74, 6) is 0. The highest BCUT2D eigenvalue weighted by Gasteiger charge is 2.00. The highest BCUT2D eigenvalue weighted by Crippen LogP contribution is 1.97. The first-order valence-electron chi connectivity index (χ1n) is 2.63. The molecule has 1 heterocycles. The zero-order valence-electron chi connectivity index (χ0n) is 4.91. The van der Waals surface area contributed by atoms with Gasteiger partial charge in [-0.25, -0.2) is 0 Å². The minimum absolute atomic E-state index is 0.0694. The molecule has 0 fully saturated rings. The van der Waals surface area contributed by atoms with E-state index in [4.69, 9.17) is 5.73 Å². The number of rotatable bonds is 0. The summed E-state index contributed by atoms with van der Waals surface area (Å²) in [6.07, 6.45) is 7.87. The largest absolute Gasteiger partial charge is 0.362 e. The van der Waals surface area contributed by atoms with Gasteiger partial charge in [-0.2, -0.15) is 0 Å². The normalized spacial score (nSPS) is 26.8. The van der Waals surface area contributed by atoms with E-state index in [1.807, 2.05) is 36.4 Å². The molecule has 0 aromatic heterocycles. The van der Waals surface area contributed by atoms with E-state index in [0.717, 1.165) is 0 Å². The summed E-state index contributed by atoms with van der Waals surface area (Å²) in [5.41, 5.74) is 5.57. The van der Waals surface area contributed by atoms with Crippen LogP contribution in [-0.4, -0.2) is 18.1 Å². The van der Waals surface area contributed by atoms with Crippen LogP contribution in [0, 0.1) is 0 Å². The molecule has 2 nitrogen and oxygen atoms in total. The first-order chi connectivity index (χ1) is 3.80. The molecule has 2 N–H and O–H groups in total. The van der Waals surface area contributed by atoms with Crippen molar-refractivity contribution in [3.8, 4) is 0 Å². The molecule has 1 unspecified atom stereocenters. The molecule has 0 aromatic rings. The molecule has 0 radical (unpaired) electrons. The molecule has 0 bridgehead atoms. The maximum atomic E-state index is 5.57. The number of nitrogens with two attached hydrogens (primary N) is 1. The van der Waals surface area contributed by atoms with Gasteiger partial charge >= 0.3 is 0 Å². The van der Waals surface area contributed by atoms with Gasteiger partial charge in [0.1, 0.15) is 0 Å². The van der Waals surface area contributed by atoms with Crippen molar-refractivity contribution < 1.29 is 0 Å². The SMILES string of the molecule is CN1C=CC=CC1N. The van der Waals surface area contributed by atoms with Gasteiger partial charge in [0.2, 0.25) is 0 Å². The Morgan fingerprint density at radius 2 is 2.25 bits per heavy atom. The quantitative estimate of drug-likeness (QED) is 0.485. The van der Waals surface area contributed by atoms with E-state index in [9.17, 15) is 0 Å². The monoisotopic (exact) mass is 110 g/mol. The van der Waals surface area contributed by atoms with Crippen LogP contribution in [0.4, 0.5) is 0 Å². The summed E-state index contributed by atoms with van der Waals surface area (Å²) in [7, 11) is 1.95. The zero-order chi connectivity index (χ0) is 5.98. The lowest BCUT2D eigenvalue weighted by Crippen LogP contribution is -2.34. The van der Waals surface area contributed by atoms with E-state index >= 15 is 0 Å². The molecular weight excluding hydrogens is 100 g/mol. The number of hydrogen-bond acceptors (Lipinski definition) is 2. The highest BCUT2D eigenvalue weighted by atomic mass is 15.2. The molecule has 0 aromatic carbocycles. The zero-order valence-corrected chi connectivity index (χ0v) is 4.91. The second-order valence-electron chi connectivity index (χ2n) is 1.88. The Bertz CT molecular complexity index is 110. The van der Waals surface area contributed by atoms with Gasteiger partial charge in [-0.1, -0.05) is 6.08 Å². The summed E-state index contributed by atoms with van der Waals surface area (Å²) in [6, 6.07) is 0. The van der Waals surface area contributed by atoms with Crippen molar-refractivity contribution in [3.63, 3.8) is 0 Å². The minimum Gasteiger partial charge on any atom is -0.362 e. The van der Waals surface area contributed by atoms with Gasteiger partial charge in [0.15, 0.2) is 0 Å². The standard InChI is InChI=1S/C6H10N2/c1-8-5-3-2-4-6(8)7/h2-6H,7H2,1H3. The lowest BCUT2D eigenvalue weighted by molar-refractivity contribution is 0.389. The average Bonchev–Trinajstić information content (AvgIpc) is 1.77. The van der Waals surface area contributed by atoms with Crippen LogP contribution in [0.15, 0.2) is 24.4 Å². The fraction of sp³-hybridized carbons (Fsp3) is 0.333. The molecule has 1 aliphatic heterocycles. The Balaban J connectivity index is 2.59. The number of allylic oxidation sites excluding steroid dienone is 2. The van der Waals surface area contributed by atoms with E-state index in [0.29, 0.717) is 0 Å². The number of nitrogens with zero attached hydrogens (tertiary/aromatic N) is 1. The number of likely N-dealkylation sites (N-methyl/N-ethyl adjacent to an activating group) is 1. The first-order valence-corrected chi connectivity index (χ1v) is 2.63. The fourth-order valence-corrected chi connectivity index (χ4v) is 0.599. The summed E-state index contributed by atoms with van der Waals surface area (Å²) >= 11 is 0. The lowest BCUT2D eigenvalue weighted by atomic mass is 10.3. The molecule has 44 valence electrons. The fourth-order valence-electron chi connectivity index (χ4n) is 0.599. The van der Waals surface area contributed by atoms with Crippen molar-refractivity contribution in [1.29, 1.82) is 0 Å². The van der Waals surface area contributed by atoms with Gasteiger partial charge in [-0.3, -0.25) is 0 Å². The Morgan fingerprint density at radius 1 is 1.50 bits per heavy atom. The summed E-state index contributed by atoms with van der Waals surface area (Å²) < 4.78 is 0. The maximum Gasteiger partial charge on any atom is 0.0956 e. The third-order valence-corrected chi connectivity index (χ3v) is 1.21. The third-order valence-electron chi connectivity index (χ3n) is 1.21. The van der Waals surface area contributed by atoms with Crippen LogP contribution in [0.2, 0.25) is 0 Å². The van der Waals surface area contributed by atoms with Gasteiger partial charge in [-0.05, 0) is 12.2 Å². The topological polar surface area (TPSA) is 29.3 Å². The van der Waals surface area contributed by atoms with Crippen molar-refractivity contribution in [2.45, 2.75) is 6.17 Å². The van der Waals surface area contributed by atoms with Crippen LogP contribution in [0.3, 0.4) is 0 Å². The molecule has 1 rings (SSSR count). The molecule has 1 atom stereocenters. The van der Waals surface area contributed by atoms with Crippen molar-refractivity contribution in [3.05, 3.63) is 24.4 Å². The highest BCUT2D eigenvalue weighted by molar-refractivity contribution is 5.10. The van der Waals surface area contributed by atoms with Gasteiger partial charge < -0.3 is 10.6 Å². The van der Waals surface area contributed by atoms with Crippen LogP contribution in [0.1, 0.15) is 0 Å². The summed E-state index contributed by atoms with van der Waals surface area (Å²) in [6.45, 7) is 0. The van der Waals surface area contributed by atoms with Gasteiger partial charge in [0.05, 0.1) is 6.17 Å². The Hall–Kier alpha value is -0.760. The predicted molar refractivity (Wildman–Crippen MR) is 34.0 cm³/mol. The van der Waals surface area contributed by atoms with E-state index in [-0.39, 0.29) is 6.17 Å². The van der Waals surface area contributed by atoms with Gasteiger partial charge in [0, 0.05) is 13.2 Å². The van der Waals surface area contributed by atoms with Crippen molar-refractivity contribution in [1.82, 2.24) is 4.90 Å². The van der Waals surface area contributed by atoms with Gasteiger partial charge in [-0.15, -0.1) is 0 Å². The second-order valence-corrected chi connectivity index (χ2v) is 1.88. The molecule has 0 amide bonds. The molecule has 1 aliphatic rings. The molecule has 0 saturated heterocycles. The Morgan fingerprint density at radius 3 is 2.62 bits per heavy atom. The molecule has 8 heavy (non-hydrogen) atoms. The molecular formula is C6H10N2. The molecule has 2 heteroatoms. The first kappa shape index (κ1) is 5.38. The predicted octanol–water partition coefficient (Wildman–Crippen LogP) is 0.287. The van der Waals surface area contributed by atoms with Crippen LogP contribution in [0.5, 0.6) is 0 Å². The summed E-state index contributed by atoms with van der Waals surface area (Å²) in [5, 5.41) is 0. The van der Waals surface area contributed by atoms with Crippen LogP contribution >= 0.6 is 0 Å². The molecule has 0 spiro atoms. The van der Waals surface area contributed by atoms with Crippen molar-refractivity contribution in [2.75, 3.05) is 7.05 Å². The van der Waals surface area contributed by atoms with E-state index in [1.165, 1.54) is 0 Å². The van der Waals surface area contributed by atoms with Gasteiger partial charge in [0.25, 0.3) is 0 Å².